The van der Waals surface area contributed by atoms with Crippen LogP contribution in [-0.2, 0) is 0 Å². The van der Waals surface area contributed by atoms with Crippen LogP contribution in [0.15, 0.2) is 146 Å². The van der Waals surface area contributed by atoms with E-state index in [0.29, 0.717) is 70.2 Å². The summed E-state index contributed by atoms with van der Waals surface area (Å²) < 4.78 is 8.67. The highest BCUT2D eigenvalue weighted by Crippen LogP contribution is 2.41. The van der Waals surface area contributed by atoms with Crippen molar-refractivity contribution in [1.29, 1.82) is 0 Å². The number of hydrogen-bond donors (Lipinski definition) is 3. The number of hydrogen-bond acceptors (Lipinski definition) is 10. The molecule has 3 N–H and O–H groups in total. The van der Waals surface area contributed by atoms with Gasteiger partial charge in [0.05, 0.1) is 90.3 Å². The first-order valence-corrected chi connectivity index (χ1v) is 37.3. The summed E-state index contributed by atoms with van der Waals surface area (Å²) >= 11 is 49.5. The third kappa shape index (κ3) is 16.9. The summed E-state index contributed by atoms with van der Waals surface area (Å²) in [4.78, 5) is 47.0. The lowest BCUT2D eigenvalue weighted by molar-refractivity contribution is 0.0909. The summed E-state index contributed by atoms with van der Waals surface area (Å²) in [6, 6.07) is 43.2. The Labute approximate surface area is 622 Å². The molecule has 0 aliphatic heterocycles. The number of rotatable bonds is 15. The van der Waals surface area contributed by atoms with E-state index in [2.05, 4.69) is 118 Å². The predicted octanol–water partition coefficient (Wildman–Crippen LogP) is 21.5. The van der Waals surface area contributed by atoms with Crippen LogP contribution in [0.25, 0.3) is 48.8 Å². The monoisotopic (exact) mass is 1750 g/mol. The Kier molecular flexibility index (Phi) is 24.4. The zero-order valence-electron chi connectivity index (χ0n) is 50.7. The molecule has 4 aromatic carbocycles. The van der Waals surface area contributed by atoms with Gasteiger partial charge < -0.3 is 16.0 Å². The summed E-state index contributed by atoms with van der Waals surface area (Å²) in [6.07, 6.45) is 7.84. The second-order valence-electron chi connectivity index (χ2n) is 22.0. The van der Waals surface area contributed by atoms with Crippen molar-refractivity contribution in [3.63, 3.8) is 0 Å². The summed E-state index contributed by atoms with van der Waals surface area (Å²) in [5, 5.41) is 26.4. The minimum Gasteiger partial charge on any atom is -0.348 e. The Hall–Kier alpha value is -4.90. The van der Waals surface area contributed by atoms with Crippen LogP contribution in [-0.4, -0.2) is 58.1 Å². The Morgan fingerprint density at radius 2 is 0.849 bits per heavy atom. The topological polar surface area (TPSA) is 154 Å². The SMILES string of the molecule is Cc1c(C(=O)N[C@@H](C)C2CCCCC2)nn(-c2ccc(Cl)cc2Cl)c1-c1ccc(I)s1.Cc1c(C(=O)N[C@@H](C)c2ccccn2)nn(-c2ccc(Cl)cc2Cl)c1-c1ccc(I)s1.Cc1c(C(=O)N[C@H](C)c2ccccc2)nn(-c2ccc(Cl)cc2Cl)c1-c1ccc(I)s1. The van der Waals surface area contributed by atoms with Gasteiger partial charge in [0.15, 0.2) is 17.1 Å². The third-order valence-electron chi connectivity index (χ3n) is 15.7. The van der Waals surface area contributed by atoms with Crippen LogP contribution in [0.2, 0.25) is 30.1 Å². The molecule has 0 spiro atoms. The number of pyridine rings is 1. The molecule has 7 heterocycles. The Bertz CT molecular complexity index is 4310. The van der Waals surface area contributed by atoms with E-state index in [9.17, 15) is 14.4 Å². The molecule has 0 radical (unpaired) electrons. The molecule has 1 aliphatic rings. The van der Waals surface area contributed by atoms with E-state index in [-0.39, 0.29) is 35.8 Å². The van der Waals surface area contributed by atoms with Gasteiger partial charge in [-0.05, 0) is 237 Å². The molecule has 7 aromatic heterocycles. The maximum Gasteiger partial charge on any atom is 0.272 e. The summed E-state index contributed by atoms with van der Waals surface area (Å²) in [5.41, 5.74) is 9.94. The first-order chi connectivity index (χ1) is 44.5. The van der Waals surface area contributed by atoms with Gasteiger partial charge in [0.2, 0.25) is 0 Å². The van der Waals surface area contributed by atoms with Gasteiger partial charge in [0.1, 0.15) is 0 Å². The van der Waals surface area contributed by atoms with E-state index in [0.717, 1.165) is 65.4 Å². The number of thiophene rings is 3. The smallest absolute Gasteiger partial charge is 0.272 e. The van der Waals surface area contributed by atoms with E-state index in [1.54, 1.807) is 96.7 Å². The first-order valence-electron chi connectivity index (χ1n) is 29.4. The van der Waals surface area contributed by atoms with Gasteiger partial charge >= 0.3 is 0 Å². The molecular weight excluding hydrogens is 1690 g/mol. The highest BCUT2D eigenvalue weighted by Gasteiger charge is 2.30. The van der Waals surface area contributed by atoms with E-state index in [1.165, 1.54) is 35.0 Å². The van der Waals surface area contributed by atoms with Crippen molar-refractivity contribution in [1.82, 2.24) is 50.3 Å². The number of halogens is 9. The molecule has 1 fully saturated rings. The number of carbonyl (C=O) groups excluding carboxylic acids is 3. The molecule has 1 saturated carbocycles. The van der Waals surface area contributed by atoms with Crippen LogP contribution >= 0.6 is 171 Å². The van der Waals surface area contributed by atoms with Crippen molar-refractivity contribution in [2.24, 2.45) is 5.92 Å². The third-order valence-corrected chi connectivity index (χ3v) is 23.0. The predicted molar refractivity (Wildman–Crippen MR) is 409 cm³/mol. The van der Waals surface area contributed by atoms with Crippen molar-refractivity contribution in [3.05, 3.63) is 230 Å². The van der Waals surface area contributed by atoms with Gasteiger partial charge in [-0.2, -0.15) is 15.3 Å². The van der Waals surface area contributed by atoms with Crippen LogP contribution in [0.1, 0.15) is 124 Å². The van der Waals surface area contributed by atoms with Crippen LogP contribution in [0.4, 0.5) is 0 Å². The molecule has 3 amide bonds. The maximum absolute atomic E-state index is 13.3. The minimum absolute atomic E-state index is 0.127. The van der Waals surface area contributed by atoms with Gasteiger partial charge in [-0.25, -0.2) is 14.0 Å². The molecule has 0 unspecified atom stereocenters. The lowest BCUT2D eigenvalue weighted by Gasteiger charge is -2.28. The Morgan fingerprint density at radius 1 is 0.473 bits per heavy atom. The second-order valence-corrected chi connectivity index (χ2v) is 33.5. The van der Waals surface area contributed by atoms with Gasteiger partial charge in [-0.3, -0.25) is 19.4 Å². The number of nitrogens with one attached hydrogen (secondary N) is 3. The molecule has 1 aliphatic carbocycles. The minimum atomic E-state index is -0.271. The second kappa shape index (κ2) is 32.0. The fourth-order valence-corrected chi connectivity index (χ4v) is 17.5. The molecule has 13 nitrogen and oxygen atoms in total. The molecule has 25 heteroatoms. The molecule has 0 saturated heterocycles. The fourth-order valence-electron chi connectivity index (χ4n) is 10.9. The number of amides is 3. The van der Waals surface area contributed by atoms with E-state index >= 15 is 0 Å². The van der Waals surface area contributed by atoms with E-state index in [4.69, 9.17) is 74.7 Å². The van der Waals surface area contributed by atoms with Crippen molar-refractivity contribution < 1.29 is 14.4 Å². The van der Waals surface area contributed by atoms with Crippen LogP contribution in [0.3, 0.4) is 0 Å². The lowest BCUT2D eigenvalue weighted by atomic mass is 9.84. The van der Waals surface area contributed by atoms with Crippen molar-refractivity contribution in [3.8, 4) is 48.8 Å². The van der Waals surface area contributed by atoms with Gasteiger partial charge in [0.25, 0.3) is 17.7 Å². The van der Waals surface area contributed by atoms with Gasteiger partial charge in [0, 0.05) is 44.0 Å². The van der Waals surface area contributed by atoms with E-state index in [1.807, 2.05) is 120 Å². The summed E-state index contributed by atoms with van der Waals surface area (Å²) in [6.45, 7) is 11.7. The molecule has 0 bridgehead atoms. The quantitative estimate of drug-likeness (QED) is 0.0864. The van der Waals surface area contributed by atoms with Gasteiger partial charge in [-0.1, -0.05) is 125 Å². The zero-order chi connectivity index (χ0) is 66.4. The van der Waals surface area contributed by atoms with E-state index < -0.39 is 0 Å². The number of carbonyl (C=O) groups is 3. The van der Waals surface area contributed by atoms with Gasteiger partial charge in [-0.15, -0.1) is 34.0 Å². The Balaban J connectivity index is 0.000000153. The van der Waals surface area contributed by atoms with Crippen LogP contribution in [0, 0.1) is 35.3 Å². The van der Waals surface area contributed by atoms with Crippen molar-refractivity contribution >= 4 is 189 Å². The summed E-state index contributed by atoms with van der Waals surface area (Å²) in [5.74, 6) is -0.103. The van der Waals surface area contributed by atoms with Crippen molar-refractivity contribution in [2.75, 3.05) is 0 Å². The molecule has 480 valence electrons. The maximum atomic E-state index is 13.3. The van der Waals surface area contributed by atoms with Crippen LogP contribution < -0.4 is 16.0 Å². The normalized spacial score (nSPS) is 13.3. The molecule has 11 aromatic rings. The highest BCUT2D eigenvalue weighted by molar-refractivity contribution is 14.1. The Morgan fingerprint density at radius 3 is 1.20 bits per heavy atom. The molecule has 12 rings (SSSR count). The average molecular weight is 1750 g/mol. The average Bonchev–Trinajstić information content (AvgIpc) is 1.65. The lowest BCUT2D eigenvalue weighted by Crippen LogP contribution is -2.39. The molecular formula is C68H59Cl6I3N10O3S3. The number of aromatic nitrogens is 7. The van der Waals surface area contributed by atoms with Crippen molar-refractivity contribution in [2.45, 2.75) is 91.8 Å². The zero-order valence-corrected chi connectivity index (χ0v) is 64.1. The standard InChI is InChI=1S/C23H24Cl2IN3OS.C23H18Cl2IN3OS.C22H17Cl2IN4OS/c2*1-13-21(23(30)27-14(2)15-6-4-3-5-7-15)28-29(18-9-8-16(24)12-17(18)25)22(13)19-10-11-20(26)31-19;1-12-20(22(30)27-13(2)16-5-3-4-10-26-16)28-29(17-7-6-14(23)11-15(17)24)21(12)18-8-9-19(25)31-18/h8-12,14-15H,3-7H2,1-2H3,(H,27,30);3-12,14H,1-2H3,(H,27,30);3-11,13H,1-2H3,(H,27,30)/t2*14-;13-/m010/s1. The highest BCUT2D eigenvalue weighted by atomic mass is 127. The molecule has 93 heavy (non-hydrogen) atoms. The van der Waals surface area contributed by atoms with Crippen LogP contribution in [0.5, 0.6) is 0 Å². The number of nitrogens with zero attached hydrogens (tertiary/aromatic N) is 7. The number of benzene rings is 4. The fraction of sp³-hybridized carbons (Fsp3) is 0.221. The largest absolute Gasteiger partial charge is 0.348 e. The first kappa shape index (κ1) is 70.9. The molecule has 3 atom stereocenters. The summed E-state index contributed by atoms with van der Waals surface area (Å²) in [7, 11) is 0.